The largest absolute Gasteiger partial charge is 0.444 e. The second-order valence-corrected chi connectivity index (χ2v) is 9.52. The van der Waals surface area contributed by atoms with Gasteiger partial charge in [0.2, 0.25) is 0 Å². The highest BCUT2D eigenvalue weighted by molar-refractivity contribution is 7.99. The van der Waals surface area contributed by atoms with Gasteiger partial charge in [-0.05, 0) is 62.1 Å². The number of nitrogens with zero attached hydrogens (tertiary/aromatic N) is 3. The third kappa shape index (κ3) is 6.98. The Bertz CT molecular complexity index is 1140. The molecule has 1 amide bonds. The van der Waals surface area contributed by atoms with Crippen molar-refractivity contribution in [1.82, 2.24) is 15.5 Å². The Morgan fingerprint density at radius 3 is 2.59 bits per heavy atom. The fourth-order valence-corrected chi connectivity index (χ4v) is 4.13. The van der Waals surface area contributed by atoms with E-state index >= 15 is 0 Å². The molecule has 164 valence electrons. The zero-order valence-corrected chi connectivity index (χ0v) is 19.6. The molecule has 1 heterocycles. The molecule has 0 radical (unpaired) electrons. The molecule has 3 rings (SSSR count). The molecule has 6 nitrogen and oxygen atoms in total. The average Bonchev–Trinajstić information content (AvgIpc) is 2.73. The van der Waals surface area contributed by atoms with Crippen LogP contribution in [0.25, 0.3) is 11.1 Å². The van der Waals surface area contributed by atoms with Crippen LogP contribution < -0.4 is 5.32 Å². The zero-order valence-electron chi connectivity index (χ0n) is 18.1. The summed E-state index contributed by atoms with van der Waals surface area (Å²) in [7, 11) is 0. The molecule has 1 N–H and O–H groups in total. The standard InChI is InChI=1S/C24H23ClN4O2S/c1-24(2,3)31-23(30)27-11-10-16-4-7-18(8-5-16)20-9-6-17(14-26)12-21(20)32-19-13-22(25)29-28-15-19/h4-9,12-13,15H,10-11H2,1-3H3,(H,27,30). The summed E-state index contributed by atoms with van der Waals surface area (Å²) < 4.78 is 5.25. The lowest BCUT2D eigenvalue weighted by Crippen LogP contribution is -2.33. The Balaban J connectivity index is 1.72. The quantitative estimate of drug-likeness (QED) is 0.487. The molecule has 0 aliphatic rings. The van der Waals surface area contributed by atoms with Crippen LogP contribution in [0.15, 0.2) is 64.5 Å². The molecular formula is C24H23ClN4O2S. The summed E-state index contributed by atoms with van der Waals surface area (Å²) in [5.74, 6) is 0. The summed E-state index contributed by atoms with van der Waals surface area (Å²) in [4.78, 5) is 13.5. The Morgan fingerprint density at radius 1 is 1.19 bits per heavy atom. The maximum atomic E-state index is 11.8. The van der Waals surface area contributed by atoms with E-state index in [9.17, 15) is 10.1 Å². The van der Waals surface area contributed by atoms with E-state index in [-0.39, 0.29) is 0 Å². The van der Waals surface area contributed by atoms with Gasteiger partial charge in [0.25, 0.3) is 0 Å². The number of carbonyl (C=O) groups excluding carboxylic acids is 1. The van der Waals surface area contributed by atoms with Crippen LogP contribution >= 0.6 is 23.4 Å². The van der Waals surface area contributed by atoms with Gasteiger partial charge >= 0.3 is 6.09 Å². The second kappa shape index (κ2) is 10.5. The fraction of sp³-hybridized carbons (Fsp3) is 0.250. The summed E-state index contributed by atoms with van der Waals surface area (Å²) in [6.07, 6.45) is 1.91. The lowest BCUT2D eigenvalue weighted by Gasteiger charge is -2.19. The Morgan fingerprint density at radius 2 is 1.94 bits per heavy atom. The van der Waals surface area contributed by atoms with Crippen LogP contribution in [0.5, 0.6) is 0 Å². The second-order valence-electron chi connectivity index (χ2n) is 8.01. The molecule has 0 aliphatic heterocycles. The number of alkyl carbamates (subject to hydrolysis) is 1. The van der Waals surface area contributed by atoms with Gasteiger partial charge in [-0.1, -0.05) is 53.7 Å². The van der Waals surface area contributed by atoms with Crippen LogP contribution in [-0.4, -0.2) is 28.4 Å². The van der Waals surface area contributed by atoms with Crippen LogP contribution in [0.3, 0.4) is 0 Å². The number of nitriles is 1. The summed E-state index contributed by atoms with van der Waals surface area (Å²) in [5.41, 5.74) is 3.18. The smallest absolute Gasteiger partial charge is 0.407 e. The van der Waals surface area contributed by atoms with Crippen LogP contribution in [0.2, 0.25) is 5.15 Å². The van der Waals surface area contributed by atoms with Crippen molar-refractivity contribution in [2.24, 2.45) is 0 Å². The topological polar surface area (TPSA) is 87.9 Å². The zero-order chi connectivity index (χ0) is 23.1. The highest BCUT2D eigenvalue weighted by Gasteiger charge is 2.15. The summed E-state index contributed by atoms with van der Waals surface area (Å²) in [6.45, 7) is 5.99. The van der Waals surface area contributed by atoms with E-state index in [4.69, 9.17) is 16.3 Å². The van der Waals surface area contributed by atoms with Gasteiger partial charge in [0.1, 0.15) is 5.60 Å². The highest BCUT2D eigenvalue weighted by atomic mass is 35.5. The summed E-state index contributed by atoms with van der Waals surface area (Å²) in [6, 6.07) is 17.7. The van der Waals surface area contributed by atoms with Crippen molar-refractivity contribution in [1.29, 1.82) is 5.26 Å². The Labute approximate surface area is 197 Å². The number of halogens is 1. The average molecular weight is 467 g/mol. The lowest BCUT2D eigenvalue weighted by atomic mass is 10.0. The molecular weight excluding hydrogens is 444 g/mol. The number of aromatic nitrogens is 2. The van der Waals surface area contributed by atoms with Crippen molar-refractivity contribution >= 4 is 29.5 Å². The lowest BCUT2D eigenvalue weighted by molar-refractivity contribution is 0.0528. The van der Waals surface area contributed by atoms with Crippen LogP contribution in [0, 0.1) is 11.3 Å². The molecule has 3 aromatic rings. The van der Waals surface area contributed by atoms with Gasteiger partial charge in [-0.3, -0.25) is 0 Å². The fourth-order valence-electron chi connectivity index (χ4n) is 2.90. The predicted molar refractivity (Wildman–Crippen MR) is 126 cm³/mol. The first kappa shape index (κ1) is 23.6. The van der Waals surface area contributed by atoms with Gasteiger partial charge in [0.05, 0.1) is 17.8 Å². The van der Waals surface area contributed by atoms with E-state index in [2.05, 4.69) is 21.6 Å². The van der Waals surface area contributed by atoms with E-state index in [1.807, 2.05) is 57.2 Å². The molecule has 0 saturated carbocycles. The number of hydrogen-bond donors (Lipinski definition) is 1. The van der Waals surface area contributed by atoms with E-state index in [0.29, 0.717) is 23.7 Å². The molecule has 1 aromatic heterocycles. The minimum Gasteiger partial charge on any atom is -0.444 e. The van der Waals surface area contributed by atoms with Gasteiger partial charge in [-0.2, -0.15) is 10.4 Å². The molecule has 8 heteroatoms. The molecule has 0 aliphatic carbocycles. The van der Waals surface area contributed by atoms with Crippen molar-refractivity contribution in [3.8, 4) is 17.2 Å². The monoisotopic (exact) mass is 466 g/mol. The van der Waals surface area contributed by atoms with Gasteiger partial charge < -0.3 is 10.1 Å². The third-order valence-electron chi connectivity index (χ3n) is 4.28. The number of benzene rings is 2. The van der Waals surface area contributed by atoms with Gasteiger partial charge in [0.15, 0.2) is 5.15 Å². The first-order chi connectivity index (χ1) is 15.2. The molecule has 0 bridgehead atoms. The summed E-state index contributed by atoms with van der Waals surface area (Å²) >= 11 is 7.44. The Kier molecular flexibility index (Phi) is 7.73. The molecule has 0 atom stereocenters. The summed E-state index contributed by atoms with van der Waals surface area (Å²) in [5, 5.41) is 20.1. The van der Waals surface area contributed by atoms with Gasteiger partial charge in [-0.25, -0.2) is 4.79 Å². The van der Waals surface area contributed by atoms with Crippen molar-refractivity contribution < 1.29 is 9.53 Å². The van der Waals surface area contributed by atoms with Crippen molar-refractivity contribution in [2.75, 3.05) is 6.54 Å². The van der Waals surface area contributed by atoms with Crippen LogP contribution in [0.1, 0.15) is 31.9 Å². The third-order valence-corrected chi connectivity index (χ3v) is 5.49. The molecule has 0 spiro atoms. The van der Waals surface area contributed by atoms with Crippen LogP contribution in [0.4, 0.5) is 4.79 Å². The number of hydrogen-bond acceptors (Lipinski definition) is 6. The molecule has 0 saturated heterocycles. The first-order valence-corrected chi connectivity index (χ1v) is 11.2. The van der Waals surface area contributed by atoms with Gasteiger partial charge in [0, 0.05) is 16.3 Å². The number of ether oxygens (including phenoxy) is 1. The number of amides is 1. The minimum absolute atomic E-state index is 0.317. The normalized spacial score (nSPS) is 11.0. The molecule has 0 unspecified atom stereocenters. The highest BCUT2D eigenvalue weighted by Crippen LogP contribution is 2.37. The van der Waals surface area contributed by atoms with Crippen LogP contribution in [-0.2, 0) is 11.2 Å². The number of nitrogens with one attached hydrogen (secondary N) is 1. The molecule has 32 heavy (non-hydrogen) atoms. The van der Waals surface area contributed by atoms with E-state index in [1.54, 1.807) is 18.3 Å². The van der Waals surface area contributed by atoms with E-state index < -0.39 is 11.7 Å². The van der Waals surface area contributed by atoms with Crippen molar-refractivity contribution in [3.63, 3.8) is 0 Å². The van der Waals surface area contributed by atoms with E-state index in [1.165, 1.54) is 11.8 Å². The van der Waals surface area contributed by atoms with Gasteiger partial charge in [-0.15, -0.1) is 5.10 Å². The maximum Gasteiger partial charge on any atom is 0.407 e. The SMILES string of the molecule is CC(C)(C)OC(=O)NCCc1ccc(-c2ccc(C#N)cc2Sc2cnnc(Cl)c2)cc1. The molecule has 2 aromatic carbocycles. The first-order valence-electron chi connectivity index (χ1n) is 10.00. The predicted octanol–water partition coefficient (Wildman–Crippen LogP) is 5.89. The number of rotatable bonds is 6. The van der Waals surface area contributed by atoms with Crippen molar-refractivity contribution in [2.45, 2.75) is 42.6 Å². The maximum absolute atomic E-state index is 11.8. The molecule has 0 fully saturated rings. The Hall–Kier alpha value is -3.08. The minimum atomic E-state index is -0.514. The number of carbonyl (C=O) groups is 1. The van der Waals surface area contributed by atoms with Crippen molar-refractivity contribution in [3.05, 3.63) is 71.0 Å². The van der Waals surface area contributed by atoms with E-state index in [0.717, 1.165) is 26.5 Å².